The summed E-state index contributed by atoms with van der Waals surface area (Å²) in [6.07, 6.45) is 9.26. The van der Waals surface area contributed by atoms with E-state index in [9.17, 15) is 0 Å². The van der Waals surface area contributed by atoms with Gasteiger partial charge in [-0.15, -0.1) is 0 Å². The van der Waals surface area contributed by atoms with E-state index in [1.54, 1.807) is 6.34 Å². The monoisotopic (exact) mass is 391 g/mol. The Morgan fingerprint density at radius 1 is 1.24 bits per heavy atom. The summed E-state index contributed by atoms with van der Waals surface area (Å²) < 4.78 is 0. The fourth-order valence-electron chi connectivity index (χ4n) is 5.16. The lowest BCUT2D eigenvalue weighted by Gasteiger charge is -2.40. The van der Waals surface area contributed by atoms with Gasteiger partial charge in [-0.05, 0) is 68.2 Å². The molecule has 2 heterocycles. The Hall–Kier alpha value is -2.75. The molecule has 4 atom stereocenters. The molecule has 29 heavy (non-hydrogen) atoms. The Balaban J connectivity index is 1.32. The van der Waals surface area contributed by atoms with Gasteiger partial charge in [-0.1, -0.05) is 0 Å². The lowest BCUT2D eigenvalue weighted by atomic mass is 9.74. The molecular formula is C22H29N7. The van der Waals surface area contributed by atoms with E-state index in [0.717, 1.165) is 31.5 Å². The van der Waals surface area contributed by atoms with Gasteiger partial charge in [-0.25, -0.2) is 10.5 Å². The second-order valence-electron chi connectivity index (χ2n) is 8.56. The number of hydrogen-bond donors (Lipinski definition) is 2. The van der Waals surface area contributed by atoms with Gasteiger partial charge >= 0.3 is 0 Å². The van der Waals surface area contributed by atoms with Crippen LogP contribution in [0.1, 0.15) is 37.7 Å². The van der Waals surface area contributed by atoms with Gasteiger partial charge in [0.25, 0.3) is 0 Å². The van der Waals surface area contributed by atoms with Crippen molar-refractivity contribution in [3.8, 4) is 6.07 Å². The van der Waals surface area contributed by atoms with E-state index < -0.39 is 0 Å². The van der Waals surface area contributed by atoms with E-state index in [0.29, 0.717) is 23.3 Å². The summed E-state index contributed by atoms with van der Waals surface area (Å²) in [6.45, 7) is 1.02. The molecule has 152 valence electrons. The van der Waals surface area contributed by atoms with Crippen LogP contribution in [0.25, 0.3) is 0 Å². The molecule has 2 aliphatic heterocycles. The Kier molecular flexibility index (Phi) is 5.89. The average molecular weight is 392 g/mol. The molecule has 0 spiro atoms. The molecule has 0 bridgehead atoms. The molecule has 1 fully saturated rings. The number of anilines is 1. The first-order valence-electron chi connectivity index (χ1n) is 10.6. The zero-order valence-corrected chi connectivity index (χ0v) is 16.9. The number of aliphatic imine (C=N–C) groups is 2. The molecule has 4 unspecified atom stereocenters. The summed E-state index contributed by atoms with van der Waals surface area (Å²) in [7, 11) is 2.13. The van der Waals surface area contributed by atoms with E-state index in [2.05, 4.69) is 38.4 Å². The lowest BCUT2D eigenvalue weighted by Crippen LogP contribution is -2.52. The molecule has 7 nitrogen and oxygen atoms in total. The maximum Gasteiger partial charge on any atom is 0.146 e. The van der Waals surface area contributed by atoms with E-state index in [-0.39, 0.29) is 18.2 Å². The Morgan fingerprint density at radius 3 is 2.69 bits per heavy atom. The molecule has 1 aliphatic carbocycles. The first-order valence-corrected chi connectivity index (χ1v) is 10.6. The van der Waals surface area contributed by atoms with Crippen LogP contribution in [0, 0.1) is 34.6 Å². The van der Waals surface area contributed by atoms with E-state index >= 15 is 0 Å². The Morgan fingerprint density at radius 2 is 2.00 bits per heavy atom. The molecule has 1 saturated carbocycles. The smallest absolute Gasteiger partial charge is 0.146 e. The van der Waals surface area contributed by atoms with E-state index in [1.807, 2.05) is 30.5 Å². The Bertz CT molecular complexity index is 801. The molecule has 1 aromatic carbocycles. The highest BCUT2D eigenvalue weighted by Crippen LogP contribution is 2.37. The third kappa shape index (κ3) is 4.16. The van der Waals surface area contributed by atoms with Crippen molar-refractivity contribution in [1.82, 2.24) is 5.32 Å². The zero-order chi connectivity index (χ0) is 20.2. The van der Waals surface area contributed by atoms with Crippen molar-refractivity contribution in [2.45, 2.75) is 50.4 Å². The Labute approximate surface area is 172 Å². The fraction of sp³-hybridized carbons (Fsp3) is 0.591. The van der Waals surface area contributed by atoms with Crippen molar-refractivity contribution in [2.24, 2.45) is 32.9 Å². The maximum atomic E-state index is 8.96. The first kappa shape index (κ1) is 19.6. The van der Waals surface area contributed by atoms with Crippen LogP contribution in [0.3, 0.4) is 0 Å². The molecule has 7 heteroatoms. The van der Waals surface area contributed by atoms with Crippen LogP contribution in [0.5, 0.6) is 0 Å². The van der Waals surface area contributed by atoms with Gasteiger partial charge in [0, 0.05) is 31.4 Å². The van der Waals surface area contributed by atoms with Crippen molar-refractivity contribution in [3.05, 3.63) is 29.8 Å². The molecule has 0 amide bonds. The maximum absolute atomic E-state index is 8.96. The highest BCUT2D eigenvalue weighted by molar-refractivity contribution is 5.64. The highest BCUT2D eigenvalue weighted by Gasteiger charge is 2.42. The first-order chi connectivity index (χ1) is 14.2. The molecule has 0 saturated heterocycles. The largest absolute Gasteiger partial charge is 0.374 e. The lowest BCUT2D eigenvalue weighted by molar-refractivity contribution is 0.185. The van der Waals surface area contributed by atoms with Gasteiger partial charge < -0.3 is 10.2 Å². The molecule has 3 aliphatic rings. The minimum absolute atomic E-state index is 0.00755. The predicted octanol–water partition coefficient (Wildman–Crippen LogP) is 3.62. The van der Waals surface area contributed by atoms with Crippen LogP contribution in [0.4, 0.5) is 5.69 Å². The topological polar surface area (TPSA) is 100.0 Å². The number of nitriles is 1. The summed E-state index contributed by atoms with van der Waals surface area (Å²) in [5.41, 5.74) is 9.72. The minimum Gasteiger partial charge on any atom is -0.374 e. The van der Waals surface area contributed by atoms with Gasteiger partial charge in [0.2, 0.25) is 0 Å². The van der Waals surface area contributed by atoms with Crippen molar-refractivity contribution >= 4 is 18.2 Å². The van der Waals surface area contributed by atoms with Crippen LogP contribution in [-0.4, -0.2) is 44.4 Å². The minimum atomic E-state index is 0.00755. The van der Waals surface area contributed by atoms with Crippen molar-refractivity contribution in [3.63, 3.8) is 0 Å². The third-order valence-corrected chi connectivity index (χ3v) is 6.83. The molecular weight excluding hydrogens is 362 g/mol. The fourth-order valence-corrected chi connectivity index (χ4v) is 5.16. The average Bonchev–Trinajstić information content (AvgIpc) is 3.25. The number of benzene rings is 1. The normalized spacial score (nSPS) is 31.4. The number of fused-ring (bicyclic) bond motifs is 1. The quantitative estimate of drug-likeness (QED) is 0.724. The summed E-state index contributed by atoms with van der Waals surface area (Å²) in [6, 6.07) is 10.2. The zero-order valence-electron chi connectivity index (χ0n) is 16.9. The molecule has 0 radical (unpaired) electrons. The summed E-state index contributed by atoms with van der Waals surface area (Å²) in [5, 5.41) is 16.4. The van der Waals surface area contributed by atoms with Gasteiger partial charge in [-0.3, -0.25) is 4.99 Å². The number of rotatable bonds is 6. The molecule has 0 aromatic heterocycles. The van der Waals surface area contributed by atoms with E-state index in [1.165, 1.54) is 12.8 Å². The van der Waals surface area contributed by atoms with Crippen molar-refractivity contribution < 1.29 is 0 Å². The van der Waals surface area contributed by atoms with Crippen LogP contribution < -0.4 is 10.2 Å². The second kappa shape index (κ2) is 8.73. The SMILES string of the molecule is CN(CC1CCC(C(N=N)C2NC=NC3N=CCC32)CC1)c1ccc(C#N)cc1. The second-order valence-corrected chi connectivity index (χ2v) is 8.56. The van der Waals surface area contributed by atoms with Gasteiger partial charge in [0.15, 0.2) is 0 Å². The molecule has 1 aromatic rings. The van der Waals surface area contributed by atoms with Crippen LogP contribution >= 0.6 is 0 Å². The predicted molar refractivity (Wildman–Crippen MR) is 115 cm³/mol. The molecule has 2 N–H and O–H groups in total. The summed E-state index contributed by atoms with van der Waals surface area (Å²) >= 11 is 0. The summed E-state index contributed by atoms with van der Waals surface area (Å²) in [4.78, 5) is 11.2. The van der Waals surface area contributed by atoms with E-state index in [4.69, 9.17) is 10.8 Å². The number of nitrogens with one attached hydrogen (secondary N) is 2. The van der Waals surface area contributed by atoms with Crippen LogP contribution in [0.15, 0.2) is 39.4 Å². The van der Waals surface area contributed by atoms with Crippen molar-refractivity contribution in [2.75, 3.05) is 18.5 Å². The van der Waals surface area contributed by atoms with Gasteiger partial charge in [0.05, 0.1) is 30.1 Å². The highest BCUT2D eigenvalue weighted by atomic mass is 15.2. The third-order valence-electron chi connectivity index (χ3n) is 6.83. The molecule has 4 rings (SSSR count). The number of hydrogen-bond acceptors (Lipinski definition) is 7. The van der Waals surface area contributed by atoms with Crippen LogP contribution in [0.2, 0.25) is 0 Å². The van der Waals surface area contributed by atoms with Gasteiger partial charge in [0.1, 0.15) is 6.17 Å². The standard InChI is InChI=1S/C22H29N7/c1-29(18-8-4-15(12-23)5-9-18)13-16-2-6-17(7-3-16)20(28-24)21-19-10-11-25-22(19)27-14-26-21/h4-5,8-9,11,14,16-17,19-22,24H,2-3,6-7,10,13H2,1H3,(H,26,27). The van der Waals surface area contributed by atoms with Gasteiger partial charge in [-0.2, -0.15) is 10.4 Å². The summed E-state index contributed by atoms with van der Waals surface area (Å²) in [5.74, 6) is 1.44. The number of nitrogens with zero attached hydrogens (tertiary/aromatic N) is 5. The van der Waals surface area contributed by atoms with Crippen LogP contribution in [-0.2, 0) is 0 Å². The van der Waals surface area contributed by atoms with Crippen molar-refractivity contribution in [1.29, 1.82) is 10.8 Å².